The van der Waals surface area contributed by atoms with Crippen molar-refractivity contribution in [1.82, 2.24) is 0 Å². The largest absolute Gasteiger partial charge is 0.0851 e. The summed E-state index contributed by atoms with van der Waals surface area (Å²) in [6.07, 6.45) is 7.61. The van der Waals surface area contributed by atoms with Crippen LogP contribution in [0.5, 0.6) is 0 Å². The quantitative estimate of drug-likeness (QED) is 0.616. The van der Waals surface area contributed by atoms with Crippen LogP contribution in [-0.2, 0) is 10.8 Å². The van der Waals surface area contributed by atoms with Gasteiger partial charge in [0.2, 0.25) is 0 Å². The van der Waals surface area contributed by atoms with Gasteiger partial charge in [0.05, 0.1) is 0 Å². The third kappa shape index (κ3) is 1.66. The third-order valence-corrected chi connectivity index (χ3v) is 5.03. The first-order valence-corrected chi connectivity index (χ1v) is 7.19. The van der Waals surface area contributed by atoms with Gasteiger partial charge in [0.25, 0.3) is 0 Å². The van der Waals surface area contributed by atoms with E-state index in [2.05, 4.69) is 64.1 Å². The molecule has 96 valence electrons. The van der Waals surface area contributed by atoms with E-state index in [0.717, 1.165) is 11.8 Å². The Kier molecular flexibility index (Phi) is 2.49. The molecular formula is C18H24. The van der Waals surface area contributed by atoms with Crippen molar-refractivity contribution in [2.24, 2.45) is 11.8 Å². The van der Waals surface area contributed by atoms with E-state index in [0.29, 0.717) is 5.41 Å². The van der Waals surface area contributed by atoms with Gasteiger partial charge >= 0.3 is 0 Å². The molecule has 0 radical (unpaired) electrons. The molecule has 18 heavy (non-hydrogen) atoms. The van der Waals surface area contributed by atoms with Gasteiger partial charge in [0, 0.05) is 0 Å². The first-order valence-electron chi connectivity index (χ1n) is 7.19. The van der Waals surface area contributed by atoms with E-state index >= 15 is 0 Å². The smallest absolute Gasteiger partial charge is 0.000383 e. The van der Waals surface area contributed by atoms with E-state index < -0.39 is 0 Å². The van der Waals surface area contributed by atoms with Gasteiger partial charge in [-0.25, -0.2) is 0 Å². The molecule has 1 fully saturated rings. The summed E-state index contributed by atoms with van der Waals surface area (Å²) in [6.45, 7) is 9.47. The molecule has 3 rings (SSSR count). The molecule has 0 amide bonds. The summed E-state index contributed by atoms with van der Waals surface area (Å²) < 4.78 is 0. The molecule has 0 nitrogen and oxygen atoms in total. The molecule has 1 aromatic rings. The van der Waals surface area contributed by atoms with Gasteiger partial charge in [-0.2, -0.15) is 0 Å². The van der Waals surface area contributed by atoms with Crippen LogP contribution in [0.25, 0.3) is 0 Å². The average Bonchev–Trinajstić information content (AvgIpc) is 2.88. The fourth-order valence-electron chi connectivity index (χ4n) is 4.04. The number of benzene rings is 1. The van der Waals surface area contributed by atoms with Crippen molar-refractivity contribution < 1.29 is 0 Å². The highest BCUT2D eigenvalue weighted by Crippen LogP contribution is 2.54. The Morgan fingerprint density at radius 2 is 1.83 bits per heavy atom. The fraction of sp³-hybridized carbons (Fsp3) is 0.556. The van der Waals surface area contributed by atoms with Gasteiger partial charge in [0.15, 0.2) is 0 Å². The van der Waals surface area contributed by atoms with Gasteiger partial charge in [-0.05, 0) is 46.6 Å². The summed E-state index contributed by atoms with van der Waals surface area (Å²) in [7, 11) is 0. The second-order valence-corrected chi connectivity index (χ2v) is 7.40. The number of allylic oxidation sites excluding steroid dienone is 2. The zero-order valence-corrected chi connectivity index (χ0v) is 12.0. The number of fused-ring (bicyclic) bond motifs is 2. The van der Waals surface area contributed by atoms with Crippen LogP contribution >= 0.6 is 0 Å². The summed E-state index contributed by atoms with van der Waals surface area (Å²) in [4.78, 5) is 0. The molecule has 0 heterocycles. The van der Waals surface area contributed by atoms with Gasteiger partial charge in [-0.1, -0.05) is 64.1 Å². The van der Waals surface area contributed by atoms with E-state index in [4.69, 9.17) is 0 Å². The highest BCUT2D eigenvalue weighted by Gasteiger charge is 2.47. The standard InChI is InChI=1S/C18H24/c1-17(2,3)15-7-5-6-8-16(15)18(4)12-13-9-10-14(18)11-13/h5-10,13-14H,11-12H2,1-4H3. The Morgan fingerprint density at radius 3 is 2.39 bits per heavy atom. The molecule has 0 aliphatic heterocycles. The van der Waals surface area contributed by atoms with E-state index in [9.17, 15) is 0 Å². The maximum atomic E-state index is 2.48. The zero-order chi connectivity index (χ0) is 13.0. The maximum absolute atomic E-state index is 2.48. The Hall–Kier alpha value is -1.04. The third-order valence-electron chi connectivity index (χ3n) is 5.03. The molecule has 1 aromatic carbocycles. The Morgan fingerprint density at radius 1 is 1.11 bits per heavy atom. The Balaban J connectivity index is 2.11. The van der Waals surface area contributed by atoms with Crippen LogP contribution in [-0.4, -0.2) is 0 Å². The lowest BCUT2D eigenvalue weighted by Gasteiger charge is -2.37. The first kappa shape index (κ1) is 12.0. The molecule has 1 saturated carbocycles. The molecule has 0 N–H and O–H groups in total. The number of hydrogen-bond donors (Lipinski definition) is 0. The van der Waals surface area contributed by atoms with Crippen molar-refractivity contribution in [3.8, 4) is 0 Å². The average molecular weight is 240 g/mol. The van der Waals surface area contributed by atoms with Gasteiger partial charge < -0.3 is 0 Å². The van der Waals surface area contributed by atoms with Crippen LogP contribution in [0, 0.1) is 11.8 Å². The highest BCUT2D eigenvalue weighted by atomic mass is 14.5. The summed E-state index contributed by atoms with van der Waals surface area (Å²) in [5.41, 5.74) is 3.73. The van der Waals surface area contributed by atoms with Crippen LogP contribution in [0.1, 0.15) is 51.7 Å². The molecule has 3 unspecified atom stereocenters. The monoisotopic (exact) mass is 240 g/mol. The van der Waals surface area contributed by atoms with Gasteiger partial charge in [-0.15, -0.1) is 0 Å². The van der Waals surface area contributed by atoms with Crippen molar-refractivity contribution >= 4 is 0 Å². The maximum Gasteiger partial charge on any atom is -0.000383 e. The predicted octanol–water partition coefficient (Wildman–Crippen LogP) is 4.84. The number of hydrogen-bond acceptors (Lipinski definition) is 0. The first-order chi connectivity index (χ1) is 8.41. The van der Waals surface area contributed by atoms with Crippen LogP contribution in [0.2, 0.25) is 0 Å². The van der Waals surface area contributed by atoms with Crippen molar-refractivity contribution in [1.29, 1.82) is 0 Å². The van der Waals surface area contributed by atoms with E-state index in [1.165, 1.54) is 18.4 Å². The van der Waals surface area contributed by atoms with E-state index in [1.807, 2.05) is 0 Å². The molecule has 0 saturated heterocycles. The highest BCUT2D eigenvalue weighted by molar-refractivity contribution is 5.42. The molecule has 2 aliphatic carbocycles. The molecule has 2 aliphatic rings. The lowest BCUT2D eigenvalue weighted by atomic mass is 9.67. The van der Waals surface area contributed by atoms with Gasteiger partial charge in [0.1, 0.15) is 0 Å². The van der Waals surface area contributed by atoms with E-state index in [-0.39, 0.29) is 5.41 Å². The molecule has 0 aromatic heterocycles. The van der Waals surface area contributed by atoms with Gasteiger partial charge in [-0.3, -0.25) is 0 Å². The number of rotatable bonds is 1. The molecule has 0 heteroatoms. The summed E-state index contributed by atoms with van der Waals surface area (Å²) in [6, 6.07) is 9.10. The SMILES string of the molecule is CC(C)(C)c1ccccc1C1(C)CC2C=CC1C2. The normalized spacial score (nSPS) is 34.2. The fourth-order valence-corrected chi connectivity index (χ4v) is 4.04. The molecule has 0 spiro atoms. The predicted molar refractivity (Wildman–Crippen MR) is 77.8 cm³/mol. The second-order valence-electron chi connectivity index (χ2n) is 7.40. The molecule has 3 atom stereocenters. The van der Waals surface area contributed by atoms with Crippen molar-refractivity contribution in [3.63, 3.8) is 0 Å². The van der Waals surface area contributed by atoms with Crippen LogP contribution in [0.3, 0.4) is 0 Å². The Labute approximate surface area is 111 Å². The summed E-state index contributed by atoms with van der Waals surface area (Å²) in [5.74, 6) is 1.58. The molecular weight excluding hydrogens is 216 g/mol. The summed E-state index contributed by atoms with van der Waals surface area (Å²) >= 11 is 0. The lowest BCUT2D eigenvalue weighted by molar-refractivity contribution is 0.385. The Bertz CT molecular complexity index is 489. The summed E-state index contributed by atoms with van der Waals surface area (Å²) in [5, 5.41) is 0. The van der Waals surface area contributed by atoms with Crippen LogP contribution in [0.4, 0.5) is 0 Å². The van der Waals surface area contributed by atoms with E-state index in [1.54, 1.807) is 5.56 Å². The minimum Gasteiger partial charge on any atom is -0.0851 e. The van der Waals surface area contributed by atoms with Crippen molar-refractivity contribution in [2.45, 2.75) is 51.4 Å². The van der Waals surface area contributed by atoms with Crippen LogP contribution < -0.4 is 0 Å². The minimum atomic E-state index is 0.241. The van der Waals surface area contributed by atoms with Crippen LogP contribution in [0.15, 0.2) is 36.4 Å². The lowest BCUT2D eigenvalue weighted by Crippen LogP contribution is -2.30. The zero-order valence-electron chi connectivity index (χ0n) is 12.0. The topological polar surface area (TPSA) is 0 Å². The van der Waals surface area contributed by atoms with Crippen molar-refractivity contribution in [2.75, 3.05) is 0 Å². The minimum absolute atomic E-state index is 0.241. The van der Waals surface area contributed by atoms with Crippen molar-refractivity contribution in [3.05, 3.63) is 47.5 Å². The second kappa shape index (κ2) is 3.73. The molecule has 2 bridgehead atoms.